The van der Waals surface area contributed by atoms with Crippen LogP contribution in [-0.2, 0) is 0 Å². The third kappa shape index (κ3) is 8.19. The van der Waals surface area contributed by atoms with E-state index >= 15 is 0 Å². The average Bonchev–Trinajstić information content (AvgIpc) is 1.84. The van der Waals surface area contributed by atoms with Gasteiger partial charge in [-0.05, 0) is 35.3 Å². The van der Waals surface area contributed by atoms with Crippen molar-refractivity contribution in [3.8, 4) is 0 Å². The molecule has 0 rings (SSSR count). The van der Waals surface area contributed by atoms with Gasteiger partial charge in [0.1, 0.15) is 0 Å². The van der Waals surface area contributed by atoms with E-state index in [-0.39, 0.29) is 0 Å². The zero-order chi connectivity index (χ0) is 9.61. The van der Waals surface area contributed by atoms with Crippen molar-refractivity contribution in [2.75, 3.05) is 5.75 Å². The average molecular weight is 186 g/mol. The molecule has 0 aromatic rings. The zero-order valence-corrected chi connectivity index (χ0v) is 9.76. The highest BCUT2D eigenvalue weighted by atomic mass is 32.2. The predicted molar refractivity (Wildman–Crippen MR) is 60.6 cm³/mol. The molecule has 0 unspecified atom stereocenters. The maximum absolute atomic E-state index is 4.03. The summed E-state index contributed by atoms with van der Waals surface area (Å²) in [5, 5.41) is 0. The van der Waals surface area contributed by atoms with E-state index in [1.54, 1.807) is 0 Å². The molecule has 0 spiro atoms. The van der Waals surface area contributed by atoms with Gasteiger partial charge in [0.25, 0.3) is 0 Å². The highest BCUT2D eigenvalue weighted by molar-refractivity contribution is 8.03. The number of rotatable bonds is 5. The zero-order valence-electron chi connectivity index (χ0n) is 8.94. The molecule has 0 atom stereocenters. The first-order valence-electron chi connectivity index (χ1n) is 4.76. The van der Waals surface area contributed by atoms with Crippen LogP contribution in [0.4, 0.5) is 0 Å². The van der Waals surface area contributed by atoms with E-state index in [0.717, 1.165) is 5.75 Å². The Labute approximate surface area is 81.8 Å². The van der Waals surface area contributed by atoms with Gasteiger partial charge in [-0.1, -0.05) is 34.3 Å². The van der Waals surface area contributed by atoms with Crippen molar-refractivity contribution in [3.05, 3.63) is 11.5 Å². The Morgan fingerprint density at radius 1 is 1.33 bits per heavy atom. The standard InChI is InChI=1S/C11H22S/c1-6-12-10(2)8-7-9-11(3,4)5/h2,6-9H2,1,3-5H3. The van der Waals surface area contributed by atoms with E-state index in [1.165, 1.54) is 24.2 Å². The molecule has 1 heteroatoms. The van der Waals surface area contributed by atoms with Crippen molar-refractivity contribution < 1.29 is 0 Å². The van der Waals surface area contributed by atoms with Crippen molar-refractivity contribution in [2.45, 2.75) is 47.0 Å². The van der Waals surface area contributed by atoms with Gasteiger partial charge in [-0.2, -0.15) is 0 Å². The second-order valence-corrected chi connectivity index (χ2v) is 5.83. The molecule has 0 aliphatic rings. The van der Waals surface area contributed by atoms with Gasteiger partial charge in [0, 0.05) is 0 Å². The smallest absolute Gasteiger partial charge is 0.00519 e. The summed E-state index contributed by atoms with van der Waals surface area (Å²) in [7, 11) is 0. The summed E-state index contributed by atoms with van der Waals surface area (Å²) in [4.78, 5) is 1.35. The maximum Gasteiger partial charge on any atom is -0.00519 e. The van der Waals surface area contributed by atoms with Gasteiger partial charge in [0.05, 0.1) is 0 Å². The van der Waals surface area contributed by atoms with Crippen LogP contribution in [-0.4, -0.2) is 5.75 Å². The van der Waals surface area contributed by atoms with Crippen LogP contribution in [0.3, 0.4) is 0 Å². The van der Waals surface area contributed by atoms with Crippen LogP contribution >= 0.6 is 11.8 Å². The fourth-order valence-corrected chi connectivity index (χ4v) is 1.79. The number of thioether (sulfide) groups is 1. The molecule has 12 heavy (non-hydrogen) atoms. The molecule has 0 aliphatic carbocycles. The summed E-state index contributed by atoms with van der Waals surface area (Å²) in [6.07, 6.45) is 3.78. The molecule has 0 nitrogen and oxygen atoms in total. The lowest BCUT2D eigenvalue weighted by Crippen LogP contribution is -2.03. The first kappa shape index (κ1) is 12.1. The van der Waals surface area contributed by atoms with Gasteiger partial charge < -0.3 is 0 Å². The Balaban J connectivity index is 3.37. The number of allylic oxidation sites excluding steroid dienone is 1. The lowest BCUT2D eigenvalue weighted by atomic mass is 9.90. The number of hydrogen-bond acceptors (Lipinski definition) is 1. The fourth-order valence-electron chi connectivity index (χ4n) is 1.09. The van der Waals surface area contributed by atoms with Crippen LogP contribution in [0.5, 0.6) is 0 Å². The van der Waals surface area contributed by atoms with Gasteiger partial charge in [0.15, 0.2) is 0 Å². The molecule has 0 radical (unpaired) electrons. The summed E-state index contributed by atoms with van der Waals surface area (Å²) < 4.78 is 0. The van der Waals surface area contributed by atoms with Crippen LogP contribution in [0.15, 0.2) is 11.5 Å². The summed E-state index contributed by atoms with van der Waals surface area (Å²) in [5.74, 6) is 1.16. The van der Waals surface area contributed by atoms with Crippen LogP contribution in [0.2, 0.25) is 0 Å². The molecule has 0 saturated carbocycles. The second-order valence-electron chi connectivity index (χ2n) is 4.39. The first-order chi connectivity index (χ1) is 5.45. The minimum atomic E-state index is 0.483. The summed E-state index contributed by atoms with van der Waals surface area (Å²) in [5.41, 5.74) is 0.483. The monoisotopic (exact) mass is 186 g/mol. The molecule has 0 amide bonds. The van der Waals surface area contributed by atoms with Crippen molar-refractivity contribution in [1.29, 1.82) is 0 Å². The molecule has 0 aromatic carbocycles. The van der Waals surface area contributed by atoms with Crippen LogP contribution in [0.1, 0.15) is 47.0 Å². The molecule has 0 N–H and O–H groups in total. The van der Waals surface area contributed by atoms with Crippen LogP contribution in [0, 0.1) is 5.41 Å². The Hall–Kier alpha value is 0.0900. The SMILES string of the molecule is C=C(CCCC(C)(C)C)SCC. The third-order valence-corrected chi connectivity index (χ3v) is 2.63. The van der Waals surface area contributed by atoms with E-state index in [9.17, 15) is 0 Å². The van der Waals surface area contributed by atoms with Crippen molar-refractivity contribution in [1.82, 2.24) is 0 Å². The Kier molecular flexibility index (Phi) is 5.73. The first-order valence-corrected chi connectivity index (χ1v) is 5.75. The summed E-state index contributed by atoms with van der Waals surface area (Å²) in [6, 6.07) is 0. The topological polar surface area (TPSA) is 0 Å². The van der Waals surface area contributed by atoms with E-state index < -0.39 is 0 Å². The van der Waals surface area contributed by atoms with Gasteiger partial charge >= 0.3 is 0 Å². The second kappa shape index (κ2) is 5.69. The molecular weight excluding hydrogens is 164 g/mol. The minimum absolute atomic E-state index is 0.483. The molecule has 0 heterocycles. The molecule has 0 bridgehead atoms. The van der Waals surface area contributed by atoms with Crippen LogP contribution in [0.25, 0.3) is 0 Å². The lowest BCUT2D eigenvalue weighted by molar-refractivity contribution is 0.366. The summed E-state index contributed by atoms with van der Waals surface area (Å²) in [6.45, 7) is 13.1. The van der Waals surface area contributed by atoms with Crippen molar-refractivity contribution in [2.24, 2.45) is 5.41 Å². The van der Waals surface area contributed by atoms with Crippen molar-refractivity contribution >= 4 is 11.8 Å². The fraction of sp³-hybridized carbons (Fsp3) is 0.818. The van der Waals surface area contributed by atoms with Crippen LogP contribution < -0.4 is 0 Å². The predicted octanol–water partition coefficient (Wildman–Crippen LogP) is 4.47. The molecule has 0 aromatic heterocycles. The van der Waals surface area contributed by atoms with Gasteiger partial charge in [-0.25, -0.2) is 0 Å². The van der Waals surface area contributed by atoms with E-state index in [4.69, 9.17) is 0 Å². The third-order valence-electron chi connectivity index (χ3n) is 1.73. The Morgan fingerprint density at radius 2 is 1.92 bits per heavy atom. The molecule has 0 fully saturated rings. The molecule has 0 saturated heterocycles. The van der Waals surface area contributed by atoms with E-state index in [1.807, 2.05) is 11.8 Å². The minimum Gasteiger partial charge on any atom is -0.132 e. The maximum atomic E-state index is 4.03. The molecule has 72 valence electrons. The van der Waals surface area contributed by atoms with Crippen molar-refractivity contribution in [3.63, 3.8) is 0 Å². The largest absolute Gasteiger partial charge is 0.132 e. The van der Waals surface area contributed by atoms with Gasteiger partial charge in [-0.15, -0.1) is 11.8 Å². The molecule has 0 aliphatic heterocycles. The number of hydrogen-bond donors (Lipinski definition) is 0. The van der Waals surface area contributed by atoms with E-state index in [2.05, 4.69) is 34.3 Å². The summed E-state index contributed by atoms with van der Waals surface area (Å²) >= 11 is 1.89. The Morgan fingerprint density at radius 3 is 2.33 bits per heavy atom. The van der Waals surface area contributed by atoms with E-state index in [0.29, 0.717) is 5.41 Å². The normalized spacial score (nSPS) is 11.7. The highest BCUT2D eigenvalue weighted by Gasteiger charge is 2.09. The van der Waals surface area contributed by atoms with Gasteiger partial charge in [0.2, 0.25) is 0 Å². The quantitative estimate of drug-likeness (QED) is 0.610. The molecular formula is C11H22S. The highest BCUT2D eigenvalue weighted by Crippen LogP contribution is 2.25. The van der Waals surface area contributed by atoms with Gasteiger partial charge in [-0.3, -0.25) is 0 Å². The lowest BCUT2D eigenvalue weighted by Gasteiger charge is -2.17. The Bertz CT molecular complexity index is 130.